The Morgan fingerprint density at radius 3 is 2.72 bits per heavy atom. The minimum atomic E-state index is 0.0766. The van der Waals surface area contributed by atoms with Crippen LogP contribution in [0.25, 0.3) is 0 Å². The number of rotatable bonds is 2. The first-order chi connectivity index (χ1) is 8.38. The second-order valence-corrected chi connectivity index (χ2v) is 6.53. The Labute approximate surface area is 110 Å². The van der Waals surface area contributed by atoms with Crippen molar-refractivity contribution < 1.29 is 0 Å². The summed E-state index contributed by atoms with van der Waals surface area (Å²) >= 11 is 0. The van der Waals surface area contributed by atoms with Crippen LogP contribution in [-0.4, -0.2) is 18.1 Å². The molecule has 0 radical (unpaired) electrons. The normalized spacial score (nSPS) is 22.3. The summed E-state index contributed by atoms with van der Waals surface area (Å²) < 4.78 is 0. The Hall–Kier alpha value is -1.09. The van der Waals surface area contributed by atoms with Gasteiger partial charge in [0.15, 0.2) is 0 Å². The van der Waals surface area contributed by atoms with Gasteiger partial charge in [0.05, 0.1) is 0 Å². The molecule has 1 aliphatic heterocycles. The third kappa shape index (κ3) is 2.83. The lowest BCUT2D eigenvalue weighted by Gasteiger charge is -2.27. The zero-order chi connectivity index (χ0) is 13.3. The SMILES string of the molecule is C[C@@H](N)c1ccnc(N2CCC(C(C)(C)C)C2)c1. The molecule has 3 nitrogen and oxygen atoms in total. The number of anilines is 1. The Balaban J connectivity index is 2.12. The molecule has 1 aromatic heterocycles. The number of hydrogen-bond donors (Lipinski definition) is 1. The molecule has 1 aliphatic rings. The van der Waals surface area contributed by atoms with E-state index in [1.54, 1.807) is 0 Å². The predicted molar refractivity (Wildman–Crippen MR) is 76.6 cm³/mol. The van der Waals surface area contributed by atoms with Gasteiger partial charge in [-0.25, -0.2) is 4.98 Å². The van der Waals surface area contributed by atoms with Gasteiger partial charge in [0, 0.05) is 25.3 Å². The highest BCUT2D eigenvalue weighted by atomic mass is 15.2. The van der Waals surface area contributed by atoms with E-state index in [0.29, 0.717) is 5.41 Å². The van der Waals surface area contributed by atoms with E-state index in [1.807, 2.05) is 19.2 Å². The van der Waals surface area contributed by atoms with Gasteiger partial charge in [0.2, 0.25) is 0 Å². The van der Waals surface area contributed by atoms with Crippen molar-refractivity contribution in [1.29, 1.82) is 0 Å². The lowest BCUT2D eigenvalue weighted by atomic mass is 9.80. The fraction of sp³-hybridized carbons (Fsp3) is 0.667. The van der Waals surface area contributed by atoms with E-state index in [1.165, 1.54) is 12.0 Å². The third-order valence-electron chi connectivity index (χ3n) is 4.03. The summed E-state index contributed by atoms with van der Waals surface area (Å²) in [7, 11) is 0. The smallest absolute Gasteiger partial charge is 0.128 e. The molecule has 3 heteroatoms. The van der Waals surface area contributed by atoms with Crippen LogP contribution in [0.2, 0.25) is 0 Å². The third-order valence-corrected chi connectivity index (χ3v) is 4.03. The maximum atomic E-state index is 5.93. The average molecular weight is 247 g/mol. The van der Waals surface area contributed by atoms with E-state index in [4.69, 9.17) is 5.73 Å². The molecule has 0 spiro atoms. The van der Waals surface area contributed by atoms with Gasteiger partial charge in [0.25, 0.3) is 0 Å². The highest BCUT2D eigenvalue weighted by Gasteiger charge is 2.32. The summed E-state index contributed by atoms with van der Waals surface area (Å²) in [5.74, 6) is 1.83. The second-order valence-electron chi connectivity index (χ2n) is 6.53. The molecule has 0 aromatic carbocycles. The van der Waals surface area contributed by atoms with Crippen molar-refractivity contribution in [3.05, 3.63) is 23.9 Å². The summed E-state index contributed by atoms with van der Waals surface area (Å²) in [6.45, 7) is 11.2. The standard InChI is InChI=1S/C15H25N3/c1-11(16)12-5-7-17-14(9-12)18-8-6-13(10-18)15(2,3)4/h5,7,9,11,13H,6,8,10,16H2,1-4H3/t11-,13?/m1/s1. The quantitative estimate of drug-likeness (QED) is 0.873. The molecular formula is C15H25N3. The minimum Gasteiger partial charge on any atom is -0.356 e. The molecule has 0 aliphatic carbocycles. The molecule has 100 valence electrons. The Morgan fingerprint density at radius 1 is 1.44 bits per heavy atom. The molecule has 2 atom stereocenters. The van der Waals surface area contributed by atoms with Crippen LogP contribution in [0.3, 0.4) is 0 Å². The summed E-state index contributed by atoms with van der Waals surface area (Å²) in [6, 6.07) is 4.22. The number of aromatic nitrogens is 1. The number of hydrogen-bond acceptors (Lipinski definition) is 3. The zero-order valence-corrected chi connectivity index (χ0v) is 12.0. The maximum Gasteiger partial charge on any atom is 0.128 e. The van der Waals surface area contributed by atoms with Gasteiger partial charge >= 0.3 is 0 Å². The summed E-state index contributed by atoms with van der Waals surface area (Å²) in [5, 5.41) is 0. The van der Waals surface area contributed by atoms with Crippen LogP contribution >= 0.6 is 0 Å². The summed E-state index contributed by atoms with van der Waals surface area (Å²) in [6.07, 6.45) is 3.13. The highest BCUT2D eigenvalue weighted by molar-refractivity contribution is 5.43. The van der Waals surface area contributed by atoms with Crippen molar-refractivity contribution >= 4 is 5.82 Å². The van der Waals surface area contributed by atoms with Gasteiger partial charge in [-0.15, -0.1) is 0 Å². The lowest BCUT2D eigenvalue weighted by molar-refractivity contribution is 0.263. The van der Waals surface area contributed by atoms with Crippen LogP contribution in [0, 0.1) is 11.3 Å². The van der Waals surface area contributed by atoms with E-state index >= 15 is 0 Å². The number of nitrogens with two attached hydrogens (primary N) is 1. The van der Waals surface area contributed by atoms with E-state index in [0.717, 1.165) is 24.8 Å². The first-order valence-corrected chi connectivity index (χ1v) is 6.84. The van der Waals surface area contributed by atoms with Crippen molar-refractivity contribution in [1.82, 2.24) is 4.98 Å². The van der Waals surface area contributed by atoms with Crippen LogP contribution in [-0.2, 0) is 0 Å². The van der Waals surface area contributed by atoms with E-state index in [-0.39, 0.29) is 6.04 Å². The monoisotopic (exact) mass is 247 g/mol. The average Bonchev–Trinajstić information content (AvgIpc) is 2.78. The van der Waals surface area contributed by atoms with Gasteiger partial charge < -0.3 is 10.6 Å². The molecule has 2 heterocycles. The fourth-order valence-electron chi connectivity index (χ4n) is 2.57. The van der Waals surface area contributed by atoms with Crippen molar-refractivity contribution in [2.75, 3.05) is 18.0 Å². The molecule has 2 N–H and O–H groups in total. The largest absolute Gasteiger partial charge is 0.356 e. The van der Waals surface area contributed by atoms with Gasteiger partial charge in [-0.2, -0.15) is 0 Å². The van der Waals surface area contributed by atoms with E-state index in [9.17, 15) is 0 Å². The van der Waals surface area contributed by atoms with Crippen LogP contribution in [0.4, 0.5) is 5.82 Å². The summed E-state index contributed by atoms with van der Waals surface area (Å²) in [4.78, 5) is 6.88. The van der Waals surface area contributed by atoms with Crippen molar-refractivity contribution in [3.63, 3.8) is 0 Å². The summed E-state index contributed by atoms with van der Waals surface area (Å²) in [5.41, 5.74) is 7.48. The van der Waals surface area contributed by atoms with E-state index in [2.05, 4.69) is 36.7 Å². The highest BCUT2D eigenvalue weighted by Crippen LogP contribution is 2.35. The van der Waals surface area contributed by atoms with Crippen LogP contribution in [0.1, 0.15) is 45.7 Å². The molecule has 0 bridgehead atoms. The van der Waals surface area contributed by atoms with Crippen molar-refractivity contribution in [2.45, 2.75) is 40.2 Å². The zero-order valence-electron chi connectivity index (χ0n) is 12.0. The molecule has 0 amide bonds. The van der Waals surface area contributed by atoms with Crippen LogP contribution in [0.5, 0.6) is 0 Å². The first kappa shape index (κ1) is 13.3. The van der Waals surface area contributed by atoms with Gasteiger partial charge in [-0.3, -0.25) is 0 Å². The maximum absolute atomic E-state index is 5.93. The predicted octanol–water partition coefficient (Wildman–Crippen LogP) is 2.97. The van der Waals surface area contributed by atoms with Crippen LogP contribution < -0.4 is 10.6 Å². The molecule has 0 saturated carbocycles. The van der Waals surface area contributed by atoms with Gasteiger partial charge in [-0.05, 0) is 42.4 Å². The molecule has 1 fully saturated rings. The second kappa shape index (κ2) is 4.88. The van der Waals surface area contributed by atoms with Gasteiger partial charge in [-0.1, -0.05) is 20.8 Å². The molecule has 1 saturated heterocycles. The topological polar surface area (TPSA) is 42.1 Å². The Morgan fingerprint density at radius 2 is 2.17 bits per heavy atom. The molecule has 1 aromatic rings. The number of pyridine rings is 1. The Bertz CT molecular complexity index is 406. The lowest BCUT2D eigenvalue weighted by Crippen LogP contribution is -2.26. The molecule has 2 rings (SSSR count). The van der Waals surface area contributed by atoms with Crippen LogP contribution in [0.15, 0.2) is 18.3 Å². The first-order valence-electron chi connectivity index (χ1n) is 6.84. The van der Waals surface area contributed by atoms with Gasteiger partial charge in [0.1, 0.15) is 5.82 Å². The fourth-order valence-corrected chi connectivity index (χ4v) is 2.57. The Kier molecular flexibility index (Phi) is 3.62. The molecular weight excluding hydrogens is 222 g/mol. The van der Waals surface area contributed by atoms with Crippen molar-refractivity contribution in [2.24, 2.45) is 17.1 Å². The van der Waals surface area contributed by atoms with Crippen molar-refractivity contribution in [3.8, 4) is 0 Å². The molecule has 18 heavy (non-hydrogen) atoms. The van der Waals surface area contributed by atoms with E-state index < -0.39 is 0 Å². The number of nitrogens with zero attached hydrogens (tertiary/aromatic N) is 2. The molecule has 1 unspecified atom stereocenters. The minimum absolute atomic E-state index is 0.0766.